The fourth-order valence-electron chi connectivity index (χ4n) is 5.79. The highest BCUT2D eigenvalue weighted by atomic mass is 16.5. The Labute approximate surface area is 292 Å². The molecule has 1 fully saturated rings. The average molecular weight is 675 g/mol. The maximum atomic E-state index is 13.7. The topological polar surface area (TPSA) is 102 Å². The van der Waals surface area contributed by atoms with E-state index < -0.39 is 0 Å². The van der Waals surface area contributed by atoms with Crippen molar-refractivity contribution in [2.75, 3.05) is 56.7 Å². The number of likely N-dealkylation sites (tertiary alicyclic amines) is 1. The molecule has 10 nitrogen and oxygen atoms in total. The number of benzene rings is 3. The molecule has 1 saturated heterocycles. The number of carbonyl (C=O) groups is 2. The van der Waals surface area contributed by atoms with E-state index in [4.69, 9.17) is 18.9 Å². The Morgan fingerprint density at radius 2 is 1.59 bits per heavy atom. The van der Waals surface area contributed by atoms with Crippen molar-refractivity contribution in [1.82, 2.24) is 10.2 Å². The minimum absolute atomic E-state index is 0.117. The van der Waals surface area contributed by atoms with Crippen molar-refractivity contribution in [1.29, 1.82) is 0 Å². The lowest BCUT2D eigenvalue weighted by Crippen LogP contribution is -2.38. The Bertz CT molecular complexity index is 1440. The van der Waals surface area contributed by atoms with Crippen molar-refractivity contribution >= 4 is 23.3 Å². The van der Waals surface area contributed by atoms with E-state index in [-0.39, 0.29) is 24.1 Å². The molecule has 4 rings (SSSR count). The third kappa shape index (κ3) is 11.4. The second kappa shape index (κ2) is 19.7. The molecule has 3 aromatic carbocycles. The van der Waals surface area contributed by atoms with Gasteiger partial charge in [0.05, 0.1) is 13.2 Å². The molecule has 0 atom stereocenters. The van der Waals surface area contributed by atoms with Crippen LogP contribution in [0, 0.1) is 0 Å². The molecule has 0 aromatic heterocycles. The van der Waals surface area contributed by atoms with Gasteiger partial charge in [0.25, 0.3) is 5.91 Å². The summed E-state index contributed by atoms with van der Waals surface area (Å²) in [6, 6.07) is 19.9. The largest absolute Gasteiger partial charge is 0.490 e. The first-order valence-electron chi connectivity index (χ1n) is 17.8. The minimum atomic E-state index is -0.258. The van der Waals surface area contributed by atoms with Crippen LogP contribution < -0.4 is 29.7 Å². The van der Waals surface area contributed by atoms with Crippen molar-refractivity contribution in [3.63, 3.8) is 0 Å². The van der Waals surface area contributed by atoms with Crippen LogP contribution in [0.1, 0.15) is 76.6 Å². The fourth-order valence-corrected chi connectivity index (χ4v) is 5.79. The lowest BCUT2D eigenvalue weighted by atomic mass is 10.1. The summed E-state index contributed by atoms with van der Waals surface area (Å²) in [6.07, 6.45) is 6.41. The van der Waals surface area contributed by atoms with Gasteiger partial charge in [-0.3, -0.25) is 4.79 Å². The van der Waals surface area contributed by atoms with Crippen LogP contribution in [0.4, 0.5) is 16.2 Å². The van der Waals surface area contributed by atoms with Crippen LogP contribution in [0.15, 0.2) is 66.7 Å². The molecule has 3 aromatic rings. The number of ether oxygens (including phenoxy) is 4. The van der Waals surface area contributed by atoms with Crippen LogP contribution in [-0.4, -0.2) is 75.5 Å². The van der Waals surface area contributed by atoms with E-state index in [1.54, 1.807) is 30.2 Å². The fraction of sp³-hybridized carbons (Fsp3) is 0.487. The van der Waals surface area contributed by atoms with Crippen LogP contribution in [-0.2, 0) is 4.74 Å². The molecular formula is C39H54N4O6. The molecule has 1 heterocycles. The third-order valence-electron chi connectivity index (χ3n) is 8.73. The van der Waals surface area contributed by atoms with E-state index in [0.717, 1.165) is 56.8 Å². The molecule has 10 heteroatoms. The number of hydrogen-bond acceptors (Lipinski definition) is 7. The molecule has 0 saturated carbocycles. The number of nitrogens with one attached hydrogen (secondary N) is 2. The first-order chi connectivity index (χ1) is 23.9. The summed E-state index contributed by atoms with van der Waals surface area (Å²) in [5.41, 5.74) is 1.89. The zero-order valence-electron chi connectivity index (χ0n) is 29.8. The van der Waals surface area contributed by atoms with Gasteiger partial charge in [-0.2, -0.15) is 0 Å². The molecule has 3 amide bonds. The lowest BCUT2D eigenvalue weighted by Gasteiger charge is -2.32. The standard InChI is InChI=1S/C39H54N4O6/c1-6-10-23-42-24-21-35(22-25-42)48-33-16-11-29(12-17-33)38(44)43(26-27-46-5)32-14-18-34(19-15-32)49-36-20-13-31(28-37(36)47-9-4)41-39(45)40-30(7-2)8-3/h11-20,28,30,35H,6-10,21-27H2,1-5H3,(H2,40,41,45). The predicted octanol–water partition coefficient (Wildman–Crippen LogP) is 8.12. The zero-order valence-corrected chi connectivity index (χ0v) is 29.8. The molecule has 1 aliphatic rings. The highest BCUT2D eigenvalue weighted by Gasteiger charge is 2.22. The summed E-state index contributed by atoms with van der Waals surface area (Å²) in [5, 5.41) is 5.85. The molecule has 0 radical (unpaired) electrons. The Morgan fingerprint density at radius 1 is 0.898 bits per heavy atom. The number of rotatable bonds is 18. The normalized spacial score (nSPS) is 13.6. The zero-order chi connectivity index (χ0) is 35.0. The molecular weight excluding hydrogens is 620 g/mol. The van der Waals surface area contributed by atoms with Gasteiger partial charge in [0, 0.05) is 55.8 Å². The molecule has 266 valence electrons. The number of urea groups is 1. The molecule has 2 N–H and O–H groups in total. The van der Waals surface area contributed by atoms with Crippen LogP contribution in [0.3, 0.4) is 0 Å². The highest BCUT2D eigenvalue weighted by molar-refractivity contribution is 6.06. The number of carbonyl (C=O) groups excluding carboxylic acids is 2. The van der Waals surface area contributed by atoms with E-state index in [1.807, 2.05) is 69.3 Å². The van der Waals surface area contributed by atoms with Crippen molar-refractivity contribution in [3.05, 3.63) is 72.3 Å². The van der Waals surface area contributed by atoms with Gasteiger partial charge in [-0.05, 0) is 106 Å². The second-order valence-electron chi connectivity index (χ2n) is 12.3. The summed E-state index contributed by atoms with van der Waals surface area (Å²) < 4.78 is 23.6. The third-order valence-corrected chi connectivity index (χ3v) is 8.73. The average Bonchev–Trinajstić information content (AvgIpc) is 3.12. The number of hydrogen-bond donors (Lipinski definition) is 2. The van der Waals surface area contributed by atoms with E-state index in [1.165, 1.54) is 12.8 Å². The van der Waals surface area contributed by atoms with Crippen molar-refractivity contribution in [3.8, 4) is 23.0 Å². The predicted molar refractivity (Wildman–Crippen MR) is 196 cm³/mol. The summed E-state index contributed by atoms with van der Waals surface area (Å²) >= 11 is 0. The van der Waals surface area contributed by atoms with Crippen molar-refractivity contribution in [2.45, 2.75) is 78.4 Å². The first-order valence-corrected chi connectivity index (χ1v) is 17.8. The quantitative estimate of drug-likeness (QED) is 0.141. The van der Waals surface area contributed by atoms with Gasteiger partial charge in [-0.1, -0.05) is 27.2 Å². The Balaban J connectivity index is 1.39. The smallest absolute Gasteiger partial charge is 0.319 e. The van der Waals surface area contributed by atoms with Gasteiger partial charge >= 0.3 is 6.03 Å². The first kappa shape index (κ1) is 37.5. The molecule has 49 heavy (non-hydrogen) atoms. The molecule has 0 spiro atoms. The lowest BCUT2D eigenvalue weighted by molar-refractivity contribution is 0.0974. The van der Waals surface area contributed by atoms with Gasteiger partial charge < -0.3 is 39.4 Å². The Morgan fingerprint density at radius 3 is 2.22 bits per heavy atom. The summed E-state index contributed by atoms with van der Waals surface area (Å²) in [5.74, 6) is 2.25. The second-order valence-corrected chi connectivity index (χ2v) is 12.3. The van der Waals surface area contributed by atoms with Gasteiger partial charge in [0.15, 0.2) is 11.5 Å². The number of unbranched alkanes of at least 4 members (excludes halogenated alkanes) is 1. The minimum Gasteiger partial charge on any atom is -0.490 e. The van der Waals surface area contributed by atoms with Gasteiger partial charge in [0.2, 0.25) is 0 Å². The van der Waals surface area contributed by atoms with Gasteiger partial charge in [-0.25, -0.2) is 4.79 Å². The van der Waals surface area contributed by atoms with Crippen LogP contribution in [0.2, 0.25) is 0 Å². The molecule has 0 bridgehead atoms. The van der Waals surface area contributed by atoms with E-state index in [2.05, 4.69) is 22.5 Å². The molecule has 1 aliphatic heterocycles. The van der Waals surface area contributed by atoms with E-state index >= 15 is 0 Å². The number of amides is 3. The maximum absolute atomic E-state index is 13.7. The van der Waals surface area contributed by atoms with Crippen LogP contribution in [0.25, 0.3) is 0 Å². The van der Waals surface area contributed by atoms with Crippen LogP contribution >= 0.6 is 0 Å². The Kier molecular flexibility index (Phi) is 15.1. The SMILES string of the molecule is CCCCN1CCC(Oc2ccc(C(=O)N(CCOC)c3ccc(Oc4ccc(NC(=O)NC(CC)CC)cc4OCC)cc3)cc2)CC1. The maximum Gasteiger partial charge on any atom is 0.319 e. The number of anilines is 2. The molecule has 0 aliphatic carbocycles. The number of methoxy groups -OCH3 is 1. The summed E-state index contributed by atoms with van der Waals surface area (Å²) in [4.78, 5) is 30.4. The highest BCUT2D eigenvalue weighted by Crippen LogP contribution is 2.35. The summed E-state index contributed by atoms with van der Waals surface area (Å²) in [7, 11) is 1.62. The van der Waals surface area contributed by atoms with Crippen molar-refractivity contribution < 1.29 is 28.5 Å². The van der Waals surface area contributed by atoms with Gasteiger partial charge in [0.1, 0.15) is 17.6 Å². The Hall–Kier alpha value is -4.28. The molecule has 0 unspecified atom stereocenters. The summed E-state index contributed by atoms with van der Waals surface area (Å²) in [6.45, 7) is 12.7. The van der Waals surface area contributed by atoms with E-state index in [0.29, 0.717) is 48.3 Å². The van der Waals surface area contributed by atoms with E-state index in [9.17, 15) is 9.59 Å². The number of nitrogens with zero attached hydrogens (tertiary/aromatic N) is 2. The number of piperidine rings is 1. The monoisotopic (exact) mass is 674 g/mol. The van der Waals surface area contributed by atoms with Crippen LogP contribution in [0.5, 0.6) is 23.0 Å². The van der Waals surface area contributed by atoms with Gasteiger partial charge in [-0.15, -0.1) is 0 Å². The van der Waals surface area contributed by atoms with Crippen molar-refractivity contribution in [2.24, 2.45) is 0 Å².